The summed E-state index contributed by atoms with van der Waals surface area (Å²) in [5, 5.41) is 8.90. The molecule has 0 N–H and O–H groups in total. The number of carbonyl (C=O) groups is 1. The van der Waals surface area contributed by atoms with Crippen molar-refractivity contribution in [2.24, 2.45) is 0 Å². The van der Waals surface area contributed by atoms with E-state index in [4.69, 9.17) is 13.6 Å². The number of amides is 1. The molecular formula is C24H23N5O4S. The fraction of sp³-hybridized carbons (Fsp3) is 0.250. The summed E-state index contributed by atoms with van der Waals surface area (Å²) in [4.78, 5) is 21.6. The molecule has 0 aliphatic carbocycles. The minimum absolute atomic E-state index is 0.0534. The molecule has 1 saturated heterocycles. The van der Waals surface area contributed by atoms with Crippen LogP contribution in [0.5, 0.6) is 5.75 Å². The van der Waals surface area contributed by atoms with E-state index in [1.54, 1.807) is 43.9 Å². The molecular weight excluding hydrogens is 454 g/mol. The summed E-state index contributed by atoms with van der Waals surface area (Å²) < 4.78 is 16.2. The number of piperazine rings is 1. The molecule has 5 rings (SSSR count). The monoisotopic (exact) mass is 477 g/mol. The number of furan rings is 2. The fourth-order valence-corrected chi connectivity index (χ4v) is 4.45. The normalized spacial score (nSPS) is 13.8. The molecule has 1 amide bonds. The van der Waals surface area contributed by atoms with Gasteiger partial charge in [-0.2, -0.15) is 0 Å². The van der Waals surface area contributed by atoms with E-state index in [9.17, 15) is 4.79 Å². The van der Waals surface area contributed by atoms with Gasteiger partial charge in [0, 0.05) is 31.9 Å². The van der Waals surface area contributed by atoms with Crippen molar-refractivity contribution in [3.63, 3.8) is 0 Å². The lowest BCUT2D eigenvalue weighted by atomic mass is 10.2. The summed E-state index contributed by atoms with van der Waals surface area (Å²) in [6.45, 7) is 2.89. The highest BCUT2D eigenvalue weighted by Crippen LogP contribution is 2.30. The third-order valence-electron chi connectivity index (χ3n) is 5.57. The summed E-state index contributed by atoms with van der Waals surface area (Å²) in [7, 11) is 1.66. The third-order valence-corrected chi connectivity index (χ3v) is 6.39. The van der Waals surface area contributed by atoms with Crippen molar-refractivity contribution >= 4 is 23.4 Å². The largest absolute Gasteiger partial charge is 0.497 e. The van der Waals surface area contributed by atoms with Gasteiger partial charge in [-0.1, -0.05) is 11.8 Å². The topological polar surface area (TPSA) is 97.7 Å². The summed E-state index contributed by atoms with van der Waals surface area (Å²) >= 11 is 1.27. The van der Waals surface area contributed by atoms with Gasteiger partial charge in [-0.3, -0.25) is 4.79 Å². The SMILES string of the molecule is COc1ccc(N2CCN(C(=O)CSc3nnc(-c4ccco4)c(-c4ccco4)n3)CC2)cc1. The third kappa shape index (κ3) is 4.76. The van der Waals surface area contributed by atoms with Crippen LogP contribution in [0.4, 0.5) is 5.69 Å². The molecule has 0 spiro atoms. The first kappa shape index (κ1) is 22.0. The van der Waals surface area contributed by atoms with E-state index in [1.807, 2.05) is 29.2 Å². The molecule has 0 radical (unpaired) electrons. The van der Waals surface area contributed by atoms with Gasteiger partial charge >= 0.3 is 0 Å². The summed E-state index contributed by atoms with van der Waals surface area (Å²) in [5.41, 5.74) is 2.15. The van der Waals surface area contributed by atoms with Gasteiger partial charge in [0.05, 0.1) is 25.4 Å². The quantitative estimate of drug-likeness (QED) is 0.368. The number of hydrogen-bond acceptors (Lipinski definition) is 9. The molecule has 0 unspecified atom stereocenters. The molecule has 1 aliphatic heterocycles. The average molecular weight is 478 g/mol. The minimum Gasteiger partial charge on any atom is -0.497 e. The van der Waals surface area contributed by atoms with Crippen molar-refractivity contribution in [3.8, 4) is 28.7 Å². The first-order valence-electron chi connectivity index (χ1n) is 10.8. The van der Waals surface area contributed by atoms with Crippen molar-refractivity contribution < 1.29 is 18.4 Å². The number of nitrogens with zero attached hydrogens (tertiary/aromatic N) is 5. The van der Waals surface area contributed by atoms with E-state index >= 15 is 0 Å². The van der Waals surface area contributed by atoms with Crippen molar-refractivity contribution in [2.75, 3.05) is 43.9 Å². The molecule has 4 aromatic rings. The number of ether oxygens (including phenoxy) is 1. The average Bonchev–Trinajstić information content (AvgIpc) is 3.62. The molecule has 4 heterocycles. The minimum atomic E-state index is 0.0534. The zero-order valence-electron chi connectivity index (χ0n) is 18.6. The predicted octanol–water partition coefficient (Wildman–Crippen LogP) is 3.84. The first-order valence-corrected chi connectivity index (χ1v) is 11.8. The van der Waals surface area contributed by atoms with Crippen LogP contribution in [-0.4, -0.2) is 65.0 Å². The number of benzene rings is 1. The molecule has 34 heavy (non-hydrogen) atoms. The van der Waals surface area contributed by atoms with Gasteiger partial charge in [0.15, 0.2) is 17.2 Å². The zero-order valence-corrected chi connectivity index (χ0v) is 19.4. The fourth-order valence-electron chi connectivity index (χ4n) is 3.76. The lowest BCUT2D eigenvalue weighted by Gasteiger charge is -2.36. The second-order valence-corrected chi connectivity index (χ2v) is 8.54. The van der Waals surface area contributed by atoms with E-state index in [1.165, 1.54) is 11.8 Å². The summed E-state index contributed by atoms with van der Waals surface area (Å²) in [6.07, 6.45) is 3.14. The highest BCUT2D eigenvalue weighted by molar-refractivity contribution is 7.99. The maximum Gasteiger partial charge on any atom is 0.233 e. The Labute approximate surface area is 200 Å². The van der Waals surface area contributed by atoms with Crippen LogP contribution in [-0.2, 0) is 4.79 Å². The Morgan fingerprint density at radius 1 is 0.941 bits per heavy atom. The molecule has 9 nitrogen and oxygen atoms in total. The molecule has 0 saturated carbocycles. The summed E-state index contributed by atoms with van der Waals surface area (Å²) in [5.74, 6) is 2.23. The highest BCUT2D eigenvalue weighted by Gasteiger charge is 2.23. The van der Waals surface area contributed by atoms with Crippen LogP contribution in [0.25, 0.3) is 22.9 Å². The number of carbonyl (C=O) groups excluding carboxylic acids is 1. The van der Waals surface area contributed by atoms with Crippen LogP contribution in [0.15, 0.2) is 75.0 Å². The maximum absolute atomic E-state index is 12.8. The maximum atomic E-state index is 12.8. The molecule has 1 fully saturated rings. The van der Waals surface area contributed by atoms with Crippen LogP contribution >= 0.6 is 11.8 Å². The number of thioether (sulfide) groups is 1. The Bertz CT molecular complexity index is 1220. The predicted molar refractivity (Wildman–Crippen MR) is 128 cm³/mol. The smallest absolute Gasteiger partial charge is 0.233 e. The van der Waals surface area contributed by atoms with E-state index in [2.05, 4.69) is 20.1 Å². The lowest BCUT2D eigenvalue weighted by Crippen LogP contribution is -2.49. The molecule has 3 aromatic heterocycles. The van der Waals surface area contributed by atoms with E-state index in [0.717, 1.165) is 24.5 Å². The molecule has 1 aliphatic rings. The lowest BCUT2D eigenvalue weighted by molar-refractivity contribution is -0.128. The van der Waals surface area contributed by atoms with Gasteiger partial charge in [0.25, 0.3) is 0 Å². The van der Waals surface area contributed by atoms with Gasteiger partial charge in [0.1, 0.15) is 11.4 Å². The van der Waals surface area contributed by atoms with E-state index < -0.39 is 0 Å². The molecule has 10 heteroatoms. The van der Waals surface area contributed by atoms with Gasteiger partial charge in [-0.15, -0.1) is 10.2 Å². The molecule has 174 valence electrons. The number of rotatable bonds is 7. The Kier molecular flexibility index (Phi) is 6.48. The van der Waals surface area contributed by atoms with Gasteiger partial charge < -0.3 is 23.4 Å². The number of anilines is 1. The standard InChI is InChI=1S/C24H23N5O4S/c1-31-18-8-6-17(7-9-18)28-10-12-29(13-11-28)21(30)16-34-24-25-22(19-4-2-14-32-19)23(26-27-24)20-5-3-15-33-20/h2-9,14-15H,10-13,16H2,1H3. The van der Waals surface area contributed by atoms with E-state index in [-0.39, 0.29) is 11.7 Å². The summed E-state index contributed by atoms with van der Waals surface area (Å²) in [6, 6.07) is 15.1. The molecule has 0 bridgehead atoms. The zero-order chi connectivity index (χ0) is 23.3. The van der Waals surface area contributed by atoms with E-state index in [0.29, 0.717) is 41.2 Å². The Hall–Kier alpha value is -3.79. The molecule has 0 atom stereocenters. The Morgan fingerprint density at radius 2 is 1.62 bits per heavy atom. The van der Waals surface area contributed by atoms with Gasteiger partial charge in [-0.25, -0.2) is 4.98 Å². The van der Waals surface area contributed by atoms with Gasteiger partial charge in [-0.05, 0) is 48.5 Å². The second kappa shape index (κ2) is 10.0. The van der Waals surface area contributed by atoms with Crippen molar-refractivity contribution in [1.82, 2.24) is 20.1 Å². The van der Waals surface area contributed by atoms with Crippen LogP contribution in [0.2, 0.25) is 0 Å². The highest BCUT2D eigenvalue weighted by atomic mass is 32.2. The van der Waals surface area contributed by atoms with Crippen LogP contribution in [0, 0.1) is 0 Å². The first-order chi connectivity index (χ1) is 16.7. The van der Waals surface area contributed by atoms with Crippen LogP contribution < -0.4 is 9.64 Å². The van der Waals surface area contributed by atoms with Crippen molar-refractivity contribution in [3.05, 3.63) is 61.1 Å². The van der Waals surface area contributed by atoms with Crippen LogP contribution in [0.1, 0.15) is 0 Å². The van der Waals surface area contributed by atoms with Crippen molar-refractivity contribution in [2.45, 2.75) is 5.16 Å². The number of methoxy groups -OCH3 is 1. The van der Waals surface area contributed by atoms with Crippen LogP contribution in [0.3, 0.4) is 0 Å². The van der Waals surface area contributed by atoms with Crippen molar-refractivity contribution in [1.29, 1.82) is 0 Å². The number of hydrogen-bond donors (Lipinski definition) is 0. The second-order valence-electron chi connectivity index (χ2n) is 7.60. The number of aromatic nitrogens is 3. The molecule has 1 aromatic carbocycles. The Balaban J connectivity index is 1.21. The Morgan fingerprint density at radius 3 is 2.24 bits per heavy atom. The van der Waals surface area contributed by atoms with Gasteiger partial charge in [0.2, 0.25) is 11.1 Å².